The van der Waals surface area contributed by atoms with E-state index in [1.165, 1.54) is 11.3 Å². The Hall–Kier alpha value is -2.44. The van der Waals surface area contributed by atoms with Crippen molar-refractivity contribution in [2.24, 2.45) is 12.1 Å². The number of hydrogen-bond donors (Lipinski definition) is 1. The van der Waals surface area contributed by atoms with Crippen LogP contribution in [-0.2, 0) is 18.4 Å². The zero-order valence-electron chi connectivity index (χ0n) is 14.5. The molecule has 0 bridgehead atoms. The summed E-state index contributed by atoms with van der Waals surface area (Å²) in [7, 11) is 1.94. The largest absolute Gasteiger partial charge is 0.374 e. The molecule has 3 aromatic rings. The number of benzene rings is 2. The smallest absolute Gasteiger partial charge is 0.271 e. The van der Waals surface area contributed by atoms with Gasteiger partial charge in [0.25, 0.3) is 5.91 Å². The van der Waals surface area contributed by atoms with E-state index in [9.17, 15) is 4.79 Å². The maximum atomic E-state index is 12.3. The van der Waals surface area contributed by atoms with Gasteiger partial charge in [-0.25, -0.2) is 5.43 Å². The quantitative estimate of drug-likeness (QED) is 0.713. The van der Waals surface area contributed by atoms with Gasteiger partial charge in [-0.15, -0.1) is 5.10 Å². The molecule has 0 saturated carbocycles. The lowest BCUT2D eigenvalue weighted by Crippen LogP contribution is -2.23. The van der Waals surface area contributed by atoms with Gasteiger partial charge in [-0.1, -0.05) is 35.6 Å². The van der Waals surface area contributed by atoms with Crippen LogP contribution in [0.5, 0.6) is 0 Å². The van der Waals surface area contributed by atoms with Crippen molar-refractivity contribution in [1.82, 2.24) is 9.99 Å². The van der Waals surface area contributed by atoms with Crippen LogP contribution in [0.2, 0.25) is 0 Å². The highest BCUT2D eigenvalue weighted by Crippen LogP contribution is 2.15. The van der Waals surface area contributed by atoms with Crippen molar-refractivity contribution >= 4 is 27.5 Å². The number of nitrogens with one attached hydrogen (secondary N) is 1. The van der Waals surface area contributed by atoms with Crippen molar-refractivity contribution in [2.75, 3.05) is 0 Å². The number of carbonyl (C=O) groups is 1. The first kappa shape index (κ1) is 17.4. The second-order valence-corrected chi connectivity index (χ2v) is 7.03. The lowest BCUT2D eigenvalue weighted by atomic mass is 10.1. The summed E-state index contributed by atoms with van der Waals surface area (Å²) in [5.41, 5.74) is 5.33. The molecule has 0 aliphatic carbocycles. The summed E-state index contributed by atoms with van der Waals surface area (Å²) in [5, 5.41) is 4.26. The van der Waals surface area contributed by atoms with Crippen LogP contribution in [-0.4, -0.2) is 16.6 Å². The lowest BCUT2D eigenvalue weighted by Gasteiger charge is -2.07. The number of amides is 1. The highest BCUT2D eigenvalue weighted by atomic mass is 32.1. The van der Waals surface area contributed by atoms with E-state index >= 15 is 0 Å². The number of thiazole rings is 1. The van der Waals surface area contributed by atoms with Gasteiger partial charge in [0, 0.05) is 12.6 Å². The Bertz CT molecular complexity index is 939. The topological polar surface area (TPSA) is 55.6 Å². The number of hydrogen-bond acceptors (Lipinski definition) is 4. The van der Waals surface area contributed by atoms with Gasteiger partial charge in [-0.05, 0) is 43.7 Å². The van der Waals surface area contributed by atoms with E-state index in [0.717, 1.165) is 20.6 Å². The average molecular weight is 355 g/mol. The second kappa shape index (κ2) is 7.63. The normalized spacial score (nSPS) is 12.1. The molecule has 25 heavy (non-hydrogen) atoms. The number of rotatable bonds is 5. The Labute approximate surface area is 150 Å². The fourth-order valence-electron chi connectivity index (χ4n) is 2.37. The maximum Gasteiger partial charge on any atom is 0.271 e. The van der Waals surface area contributed by atoms with E-state index in [-0.39, 0.29) is 12.0 Å². The van der Waals surface area contributed by atoms with E-state index < -0.39 is 0 Å². The molecule has 1 heterocycles. The molecule has 1 aromatic heterocycles. The number of aromatic nitrogens is 1. The third kappa shape index (κ3) is 4.15. The molecule has 0 radical (unpaired) electrons. The van der Waals surface area contributed by atoms with Gasteiger partial charge in [-0.3, -0.25) is 4.79 Å². The fourth-order valence-corrected chi connectivity index (χ4v) is 3.35. The van der Waals surface area contributed by atoms with Gasteiger partial charge < -0.3 is 9.30 Å². The second-order valence-electron chi connectivity index (χ2n) is 6.02. The molecule has 1 amide bonds. The first-order chi connectivity index (χ1) is 12.0. The minimum Gasteiger partial charge on any atom is -0.374 e. The van der Waals surface area contributed by atoms with Crippen molar-refractivity contribution in [3.8, 4) is 0 Å². The summed E-state index contributed by atoms with van der Waals surface area (Å²) >= 11 is 1.54. The molecule has 0 unspecified atom stereocenters. The molecule has 2 aromatic carbocycles. The number of aryl methyl sites for hydroxylation is 1. The van der Waals surface area contributed by atoms with Gasteiger partial charge in [0.1, 0.15) is 0 Å². The maximum absolute atomic E-state index is 12.3. The summed E-state index contributed by atoms with van der Waals surface area (Å²) in [6.45, 7) is 4.54. The molecule has 5 nitrogen and oxygen atoms in total. The predicted molar refractivity (Wildman–Crippen MR) is 100 cm³/mol. The Balaban J connectivity index is 1.72. The molecule has 3 rings (SSSR count). The summed E-state index contributed by atoms with van der Waals surface area (Å²) in [6, 6.07) is 15.4. The van der Waals surface area contributed by atoms with Gasteiger partial charge >= 0.3 is 0 Å². The monoisotopic (exact) mass is 355 g/mol. The van der Waals surface area contributed by atoms with E-state index in [2.05, 4.69) is 10.5 Å². The number of para-hydroxylation sites is 1. The van der Waals surface area contributed by atoms with Crippen molar-refractivity contribution in [3.05, 3.63) is 64.5 Å². The predicted octanol–water partition coefficient (Wildman–Crippen LogP) is 3.41. The molecule has 0 aliphatic rings. The number of carbonyl (C=O) groups excluding carboxylic acids is 1. The molecule has 0 fully saturated rings. The Kier molecular flexibility index (Phi) is 5.31. The van der Waals surface area contributed by atoms with Crippen LogP contribution in [0.15, 0.2) is 53.6 Å². The molecule has 1 N–H and O–H groups in total. The van der Waals surface area contributed by atoms with Crippen LogP contribution >= 0.6 is 11.3 Å². The van der Waals surface area contributed by atoms with Crippen LogP contribution in [0.1, 0.15) is 29.8 Å². The van der Waals surface area contributed by atoms with Crippen molar-refractivity contribution in [3.63, 3.8) is 0 Å². The van der Waals surface area contributed by atoms with Crippen molar-refractivity contribution < 1.29 is 9.53 Å². The first-order valence-electron chi connectivity index (χ1n) is 8.14. The summed E-state index contributed by atoms with van der Waals surface area (Å²) < 4.78 is 8.65. The molecule has 0 spiro atoms. The Morgan fingerprint density at radius 1 is 1.20 bits per heavy atom. The highest BCUT2D eigenvalue weighted by molar-refractivity contribution is 7.16. The first-order valence-corrected chi connectivity index (χ1v) is 8.95. The molecular formula is C19H21N3O2S. The summed E-state index contributed by atoms with van der Waals surface area (Å²) in [4.78, 5) is 13.0. The molecular weight excluding hydrogens is 334 g/mol. The summed E-state index contributed by atoms with van der Waals surface area (Å²) in [6.07, 6.45) is 0.184. The molecule has 0 aliphatic heterocycles. The average Bonchev–Trinajstić information content (AvgIpc) is 2.94. The van der Waals surface area contributed by atoms with Gasteiger partial charge in [0.05, 0.1) is 22.9 Å². The van der Waals surface area contributed by atoms with Crippen molar-refractivity contribution in [2.45, 2.75) is 26.6 Å². The van der Waals surface area contributed by atoms with Crippen LogP contribution in [0.4, 0.5) is 0 Å². The number of ether oxygens (including phenoxy) is 1. The van der Waals surface area contributed by atoms with Gasteiger partial charge in [0.2, 0.25) is 4.80 Å². The Morgan fingerprint density at radius 2 is 1.92 bits per heavy atom. The van der Waals surface area contributed by atoms with Crippen LogP contribution in [0.25, 0.3) is 10.2 Å². The molecule has 130 valence electrons. The van der Waals surface area contributed by atoms with E-state index in [1.54, 1.807) is 12.1 Å². The number of fused-ring (bicyclic) bond motifs is 1. The molecule has 0 atom stereocenters. The highest BCUT2D eigenvalue weighted by Gasteiger charge is 2.06. The lowest BCUT2D eigenvalue weighted by molar-refractivity contribution is 0.0657. The Morgan fingerprint density at radius 3 is 2.60 bits per heavy atom. The third-order valence-corrected chi connectivity index (χ3v) is 4.88. The third-order valence-electron chi connectivity index (χ3n) is 3.77. The van der Waals surface area contributed by atoms with E-state index in [4.69, 9.17) is 4.74 Å². The minimum atomic E-state index is -0.228. The SMILES string of the molecule is CC(C)OCc1ccc(C(=O)N/N=c2\sc3ccccc3n2C)cc1. The summed E-state index contributed by atoms with van der Waals surface area (Å²) in [5.74, 6) is -0.228. The van der Waals surface area contributed by atoms with E-state index in [1.807, 2.05) is 61.9 Å². The van der Waals surface area contributed by atoms with Gasteiger partial charge in [0.15, 0.2) is 0 Å². The fraction of sp³-hybridized carbons (Fsp3) is 0.263. The molecule has 6 heteroatoms. The van der Waals surface area contributed by atoms with Crippen LogP contribution in [0, 0.1) is 0 Å². The minimum absolute atomic E-state index is 0.184. The number of nitrogens with zero attached hydrogens (tertiary/aromatic N) is 2. The zero-order chi connectivity index (χ0) is 17.8. The molecule has 0 saturated heterocycles. The van der Waals surface area contributed by atoms with Crippen LogP contribution < -0.4 is 10.2 Å². The zero-order valence-corrected chi connectivity index (χ0v) is 15.3. The van der Waals surface area contributed by atoms with Crippen molar-refractivity contribution in [1.29, 1.82) is 0 Å². The van der Waals surface area contributed by atoms with Crippen LogP contribution in [0.3, 0.4) is 0 Å². The van der Waals surface area contributed by atoms with E-state index in [0.29, 0.717) is 12.2 Å². The van der Waals surface area contributed by atoms with Gasteiger partial charge in [-0.2, -0.15) is 0 Å². The standard InChI is InChI=1S/C19H21N3O2S/c1-13(2)24-12-14-8-10-15(11-9-14)18(23)20-21-19-22(3)16-6-4-5-7-17(16)25-19/h4-11,13H,12H2,1-3H3,(H,20,23)/b21-19-.